The lowest BCUT2D eigenvalue weighted by molar-refractivity contribution is -0.100. The van der Waals surface area contributed by atoms with Crippen molar-refractivity contribution in [2.24, 2.45) is 0 Å². The molecule has 0 atom stereocenters. The Morgan fingerprint density at radius 2 is 1.92 bits per heavy atom. The highest BCUT2D eigenvalue weighted by Crippen LogP contribution is 2.20. The third-order valence-electron chi connectivity index (χ3n) is 1.36. The van der Waals surface area contributed by atoms with E-state index in [2.05, 4.69) is 4.98 Å². The van der Waals surface area contributed by atoms with E-state index in [-0.39, 0.29) is 0 Å². The molecule has 0 radical (unpaired) electrons. The summed E-state index contributed by atoms with van der Waals surface area (Å²) in [6, 6.07) is 3.88. The molecule has 0 aromatic carbocycles. The molecule has 72 valence electrons. The predicted molar refractivity (Wildman–Crippen MR) is 41.9 cm³/mol. The van der Waals surface area contributed by atoms with Crippen LogP contribution in [0.15, 0.2) is 24.4 Å². The lowest BCUT2D eigenvalue weighted by Gasteiger charge is -2.16. The highest BCUT2D eigenvalue weighted by molar-refractivity contribution is 7.86. The smallest absolute Gasteiger partial charge is 0.339 e. The molecule has 0 saturated carbocycles. The molecule has 0 spiro atoms. The minimum Gasteiger partial charge on any atom is -0.347 e. The first kappa shape index (κ1) is 10.1. The molecule has 0 fully saturated rings. The minimum absolute atomic E-state index is 0.558. The number of aliphatic hydroxyl groups is 2. The Balaban J connectivity index is 3.24. The van der Waals surface area contributed by atoms with E-state index >= 15 is 0 Å². The Morgan fingerprint density at radius 1 is 1.31 bits per heavy atom. The molecule has 7 heteroatoms. The Kier molecular flexibility index (Phi) is 2.35. The monoisotopic (exact) mass is 205 g/mol. The van der Waals surface area contributed by atoms with Crippen LogP contribution in [0.5, 0.6) is 0 Å². The van der Waals surface area contributed by atoms with E-state index in [1.165, 1.54) is 18.3 Å². The molecular weight excluding hydrogens is 198 g/mol. The van der Waals surface area contributed by atoms with Gasteiger partial charge in [-0.1, -0.05) is 6.07 Å². The van der Waals surface area contributed by atoms with E-state index in [0.717, 1.165) is 6.07 Å². The number of pyridine rings is 1. The van der Waals surface area contributed by atoms with Crippen LogP contribution >= 0.6 is 0 Å². The number of hydrogen-bond donors (Lipinski definition) is 3. The lowest BCUT2D eigenvalue weighted by atomic mass is 10.3. The molecule has 1 aromatic heterocycles. The number of rotatable bonds is 2. The molecule has 0 saturated heterocycles. The van der Waals surface area contributed by atoms with E-state index in [1.807, 2.05) is 0 Å². The summed E-state index contributed by atoms with van der Waals surface area (Å²) in [5.41, 5.74) is -0.558. The Bertz CT molecular complexity index is 385. The van der Waals surface area contributed by atoms with Gasteiger partial charge in [0.25, 0.3) is 0 Å². The third-order valence-corrected chi connectivity index (χ3v) is 2.29. The molecular formula is C6H7NO5S. The van der Waals surface area contributed by atoms with Crippen molar-refractivity contribution in [3.8, 4) is 0 Å². The van der Waals surface area contributed by atoms with Gasteiger partial charge in [-0.2, -0.15) is 8.42 Å². The van der Waals surface area contributed by atoms with Crippen molar-refractivity contribution in [3.05, 3.63) is 30.1 Å². The van der Waals surface area contributed by atoms with Crippen LogP contribution in [0.4, 0.5) is 0 Å². The maximum Gasteiger partial charge on any atom is 0.339 e. The summed E-state index contributed by atoms with van der Waals surface area (Å²) < 4.78 is 29.4. The molecule has 6 nitrogen and oxygen atoms in total. The second-order valence-corrected chi connectivity index (χ2v) is 3.82. The first-order valence-corrected chi connectivity index (χ1v) is 4.63. The van der Waals surface area contributed by atoms with Gasteiger partial charge in [0.2, 0.25) is 0 Å². The molecule has 0 amide bonds. The maximum atomic E-state index is 10.5. The summed E-state index contributed by atoms with van der Waals surface area (Å²) >= 11 is 0. The average molecular weight is 205 g/mol. The van der Waals surface area contributed by atoms with Crippen molar-refractivity contribution < 1.29 is 23.2 Å². The van der Waals surface area contributed by atoms with Crippen LogP contribution in [0.25, 0.3) is 0 Å². The summed E-state index contributed by atoms with van der Waals surface area (Å²) in [4.78, 5) is 3.38. The minimum atomic E-state index is -5.01. The van der Waals surface area contributed by atoms with E-state index < -0.39 is 20.9 Å². The fourth-order valence-electron chi connectivity index (χ4n) is 0.688. The van der Waals surface area contributed by atoms with Crippen LogP contribution in [0.1, 0.15) is 5.69 Å². The van der Waals surface area contributed by atoms with Gasteiger partial charge in [0.05, 0.1) is 0 Å². The van der Waals surface area contributed by atoms with Crippen molar-refractivity contribution in [1.82, 2.24) is 4.98 Å². The van der Waals surface area contributed by atoms with Gasteiger partial charge in [0, 0.05) is 6.20 Å². The largest absolute Gasteiger partial charge is 0.347 e. The van der Waals surface area contributed by atoms with Crippen LogP contribution in [0.2, 0.25) is 0 Å². The van der Waals surface area contributed by atoms with Gasteiger partial charge in [-0.05, 0) is 12.1 Å². The van der Waals surface area contributed by atoms with Crippen LogP contribution in [-0.2, 0) is 15.2 Å². The number of hydrogen-bond acceptors (Lipinski definition) is 5. The molecule has 0 aliphatic heterocycles. The van der Waals surface area contributed by atoms with Gasteiger partial charge in [-0.3, -0.25) is 9.54 Å². The van der Waals surface area contributed by atoms with Crippen LogP contribution < -0.4 is 0 Å². The van der Waals surface area contributed by atoms with Gasteiger partial charge in [0.15, 0.2) is 0 Å². The summed E-state index contributed by atoms with van der Waals surface area (Å²) in [7, 11) is -5.01. The zero-order valence-corrected chi connectivity index (χ0v) is 7.14. The molecule has 13 heavy (non-hydrogen) atoms. The molecule has 1 aromatic rings. The van der Waals surface area contributed by atoms with Crippen molar-refractivity contribution in [1.29, 1.82) is 0 Å². The van der Waals surface area contributed by atoms with E-state index in [9.17, 15) is 8.42 Å². The SMILES string of the molecule is O=S(=O)(O)C(O)(O)c1ccccn1. The van der Waals surface area contributed by atoms with Gasteiger partial charge in [0.1, 0.15) is 5.69 Å². The van der Waals surface area contributed by atoms with Crippen molar-refractivity contribution in [3.63, 3.8) is 0 Å². The fourth-order valence-corrected chi connectivity index (χ4v) is 1.07. The molecule has 0 aliphatic rings. The lowest BCUT2D eigenvalue weighted by Crippen LogP contribution is -2.35. The Hall–Kier alpha value is -1.02. The standard InChI is InChI=1S/C6H7NO5S/c8-6(9,13(10,11)12)5-3-1-2-4-7-5/h1-4,8-9H,(H,10,11,12). The second kappa shape index (κ2) is 3.04. The first-order valence-electron chi connectivity index (χ1n) is 3.19. The van der Waals surface area contributed by atoms with Crippen LogP contribution in [0, 0.1) is 0 Å². The number of nitrogens with zero attached hydrogens (tertiary/aromatic N) is 1. The summed E-state index contributed by atoms with van der Waals surface area (Å²) in [6.45, 7) is 0. The third kappa shape index (κ3) is 1.83. The zero-order chi connectivity index (χ0) is 10.1. The zero-order valence-electron chi connectivity index (χ0n) is 6.32. The Labute approximate surface area is 74.2 Å². The molecule has 1 heterocycles. The van der Waals surface area contributed by atoms with Gasteiger partial charge in [-0.25, -0.2) is 0 Å². The first-order chi connectivity index (χ1) is 5.86. The van der Waals surface area contributed by atoms with E-state index in [1.54, 1.807) is 0 Å². The topological polar surface area (TPSA) is 108 Å². The van der Waals surface area contributed by atoms with Crippen molar-refractivity contribution >= 4 is 10.1 Å². The summed E-state index contributed by atoms with van der Waals surface area (Å²) in [5, 5.41) is 14.6. The Morgan fingerprint density at radius 3 is 2.31 bits per heavy atom. The molecule has 3 N–H and O–H groups in total. The highest BCUT2D eigenvalue weighted by Gasteiger charge is 2.42. The van der Waals surface area contributed by atoms with Gasteiger partial charge in [-0.15, -0.1) is 0 Å². The van der Waals surface area contributed by atoms with E-state index in [4.69, 9.17) is 14.8 Å². The van der Waals surface area contributed by atoms with Crippen LogP contribution in [-0.4, -0.2) is 28.2 Å². The highest BCUT2D eigenvalue weighted by atomic mass is 32.2. The molecule has 0 aliphatic carbocycles. The van der Waals surface area contributed by atoms with Crippen LogP contribution in [0.3, 0.4) is 0 Å². The second-order valence-electron chi connectivity index (χ2n) is 2.30. The summed E-state index contributed by atoms with van der Waals surface area (Å²) in [6.07, 6.45) is 1.17. The summed E-state index contributed by atoms with van der Waals surface area (Å²) in [5.74, 6) is 0. The number of aromatic nitrogens is 1. The van der Waals surface area contributed by atoms with Crippen molar-refractivity contribution in [2.75, 3.05) is 0 Å². The van der Waals surface area contributed by atoms with E-state index in [0.29, 0.717) is 0 Å². The average Bonchev–Trinajstić information content (AvgIpc) is 2.04. The molecule has 0 bridgehead atoms. The van der Waals surface area contributed by atoms with Gasteiger partial charge < -0.3 is 10.2 Å². The predicted octanol–water partition coefficient (Wildman–Crippen LogP) is -0.936. The fraction of sp³-hybridized carbons (Fsp3) is 0.167. The molecule has 0 unspecified atom stereocenters. The van der Waals surface area contributed by atoms with Gasteiger partial charge >= 0.3 is 15.2 Å². The normalized spacial score (nSPS) is 12.8. The quantitative estimate of drug-likeness (QED) is 0.425. The maximum absolute atomic E-state index is 10.5. The van der Waals surface area contributed by atoms with Crippen molar-refractivity contribution in [2.45, 2.75) is 5.12 Å². The molecule has 1 rings (SSSR count).